The predicted molar refractivity (Wildman–Crippen MR) is 55.0 cm³/mol. The van der Waals surface area contributed by atoms with Crippen LogP contribution in [0, 0.1) is 11.6 Å². The Hall–Kier alpha value is -1.16. The van der Waals surface area contributed by atoms with Gasteiger partial charge in [-0.3, -0.25) is 0 Å². The van der Waals surface area contributed by atoms with Gasteiger partial charge in [0.15, 0.2) is 11.6 Å². The third-order valence-electron chi connectivity index (χ3n) is 1.92. The van der Waals surface area contributed by atoms with Gasteiger partial charge >= 0.3 is 0 Å². The molecule has 0 bridgehead atoms. The van der Waals surface area contributed by atoms with Gasteiger partial charge in [0.25, 0.3) is 0 Å². The molecule has 1 N–H and O–H groups in total. The summed E-state index contributed by atoms with van der Waals surface area (Å²) in [7, 11) is 0. The third-order valence-corrected chi connectivity index (χ3v) is 1.92. The van der Waals surface area contributed by atoms with Gasteiger partial charge in [0.05, 0.1) is 6.61 Å². The summed E-state index contributed by atoms with van der Waals surface area (Å²) in [6.45, 7) is 4.10. The van der Waals surface area contributed by atoms with Gasteiger partial charge < -0.3 is 10.1 Å². The van der Waals surface area contributed by atoms with Crippen molar-refractivity contribution < 1.29 is 13.5 Å². The predicted octanol–water partition coefficient (Wildman–Crippen LogP) is 2.34. The van der Waals surface area contributed by atoms with E-state index in [1.165, 1.54) is 12.1 Å². The fraction of sp³-hybridized carbons (Fsp3) is 0.455. The number of halogens is 2. The minimum atomic E-state index is -0.916. The lowest BCUT2D eigenvalue weighted by Gasteiger charge is -2.07. The molecule has 1 aromatic rings. The number of ether oxygens (including phenoxy) is 1. The average molecular weight is 215 g/mol. The van der Waals surface area contributed by atoms with E-state index in [1.54, 1.807) is 0 Å². The maximum atomic E-state index is 13.1. The van der Waals surface area contributed by atoms with Crippen LogP contribution in [0.15, 0.2) is 18.2 Å². The highest BCUT2D eigenvalue weighted by molar-refractivity contribution is 5.24. The molecule has 0 saturated heterocycles. The van der Waals surface area contributed by atoms with E-state index in [9.17, 15) is 8.78 Å². The molecule has 0 aliphatic heterocycles. The molecule has 0 heterocycles. The number of rotatable bonds is 6. The van der Waals surface area contributed by atoms with Gasteiger partial charge in [-0.15, -0.1) is 0 Å². The zero-order valence-electron chi connectivity index (χ0n) is 8.72. The Bertz CT molecular complexity index is 305. The van der Waals surface area contributed by atoms with Crippen LogP contribution in [0.3, 0.4) is 0 Å². The van der Waals surface area contributed by atoms with Crippen LogP contribution >= 0.6 is 0 Å². The molecule has 0 saturated carbocycles. The van der Waals surface area contributed by atoms with E-state index < -0.39 is 11.6 Å². The molecular weight excluding hydrogens is 200 g/mol. The standard InChI is InChI=1S/C11H15F2NO/c1-2-14-7-4-8-15-10-6-3-5-9(12)11(10)13/h3,5-6,14H,2,4,7-8H2,1H3. The Morgan fingerprint density at radius 2 is 2.13 bits per heavy atom. The second kappa shape index (κ2) is 6.35. The maximum absolute atomic E-state index is 13.1. The van der Waals surface area contributed by atoms with E-state index in [4.69, 9.17) is 4.74 Å². The molecule has 4 heteroatoms. The molecule has 1 rings (SSSR count). The first kappa shape index (κ1) is 11.9. The van der Waals surface area contributed by atoms with E-state index >= 15 is 0 Å². The van der Waals surface area contributed by atoms with Gasteiger partial charge in [-0.1, -0.05) is 13.0 Å². The highest BCUT2D eigenvalue weighted by Gasteiger charge is 2.07. The minimum absolute atomic E-state index is 0.0218. The van der Waals surface area contributed by atoms with Gasteiger partial charge in [-0.05, 0) is 31.6 Å². The second-order valence-electron chi connectivity index (χ2n) is 3.11. The molecule has 0 aliphatic carbocycles. The van der Waals surface area contributed by atoms with E-state index in [0.717, 1.165) is 25.6 Å². The summed E-state index contributed by atoms with van der Waals surface area (Å²) < 4.78 is 30.9. The molecule has 1 aromatic carbocycles. The van der Waals surface area contributed by atoms with Crippen molar-refractivity contribution in [2.75, 3.05) is 19.7 Å². The Labute approximate surface area is 88.3 Å². The summed E-state index contributed by atoms with van der Waals surface area (Å²) in [5.74, 6) is -1.81. The van der Waals surface area contributed by atoms with Crippen LogP contribution in [0.1, 0.15) is 13.3 Å². The van der Waals surface area contributed by atoms with Crippen molar-refractivity contribution in [1.82, 2.24) is 5.32 Å². The van der Waals surface area contributed by atoms with Gasteiger partial charge in [0, 0.05) is 0 Å². The summed E-state index contributed by atoms with van der Waals surface area (Å²) >= 11 is 0. The molecular formula is C11H15F2NO. The zero-order valence-corrected chi connectivity index (χ0v) is 8.72. The van der Waals surface area contributed by atoms with Gasteiger partial charge in [0.2, 0.25) is 5.82 Å². The molecule has 15 heavy (non-hydrogen) atoms. The second-order valence-corrected chi connectivity index (χ2v) is 3.11. The summed E-state index contributed by atoms with van der Waals surface area (Å²) in [4.78, 5) is 0. The lowest BCUT2D eigenvalue weighted by atomic mass is 10.3. The van der Waals surface area contributed by atoms with Crippen LogP contribution in [-0.2, 0) is 0 Å². The SMILES string of the molecule is CCNCCCOc1cccc(F)c1F. The quantitative estimate of drug-likeness (QED) is 0.735. The van der Waals surface area contributed by atoms with Crippen LogP contribution in [-0.4, -0.2) is 19.7 Å². The molecule has 0 aliphatic rings. The van der Waals surface area contributed by atoms with E-state index in [1.807, 2.05) is 6.92 Å². The van der Waals surface area contributed by atoms with E-state index in [0.29, 0.717) is 6.61 Å². The van der Waals surface area contributed by atoms with Crippen molar-refractivity contribution in [2.24, 2.45) is 0 Å². The van der Waals surface area contributed by atoms with Crippen LogP contribution in [0.5, 0.6) is 5.75 Å². The lowest BCUT2D eigenvalue weighted by Crippen LogP contribution is -2.16. The fourth-order valence-corrected chi connectivity index (χ4v) is 1.15. The normalized spacial score (nSPS) is 10.3. The Morgan fingerprint density at radius 3 is 2.87 bits per heavy atom. The number of hydrogen-bond donors (Lipinski definition) is 1. The molecule has 0 radical (unpaired) electrons. The van der Waals surface area contributed by atoms with Crippen molar-refractivity contribution in [3.8, 4) is 5.75 Å². The summed E-state index contributed by atoms with van der Waals surface area (Å²) in [6.07, 6.45) is 0.768. The lowest BCUT2D eigenvalue weighted by molar-refractivity contribution is 0.288. The highest BCUT2D eigenvalue weighted by atomic mass is 19.2. The number of benzene rings is 1. The molecule has 0 fully saturated rings. The smallest absolute Gasteiger partial charge is 0.200 e. The monoisotopic (exact) mass is 215 g/mol. The maximum Gasteiger partial charge on any atom is 0.200 e. The van der Waals surface area contributed by atoms with Crippen molar-refractivity contribution >= 4 is 0 Å². The van der Waals surface area contributed by atoms with E-state index in [2.05, 4.69) is 5.32 Å². The van der Waals surface area contributed by atoms with Crippen molar-refractivity contribution in [3.05, 3.63) is 29.8 Å². The Morgan fingerprint density at radius 1 is 1.33 bits per heavy atom. The highest BCUT2D eigenvalue weighted by Crippen LogP contribution is 2.18. The first-order valence-electron chi connectivity index (χ1n) is 5.03. The van der Waals surface area contributed by atoms with Crippen LogP contribution in [0.4, 0.5) is 8.78 Å². The molecule has 2 nitrogen and oxygen atoms in total. The van der Waals surface area contributed by atoms with Crippen LogP contribution in [0.25, 0.3) is 0 Å². The molecule has 0 atom stereocenters. The van der Waals surface area contributed by atoms with Gasteiger partial charge in [-0.25, -0.2) is 4.39 Å². The average Bonchev–Trinajstić information content (AvgIpc) is 2.24. The van der Waals surface area contributed by atoms with Crippen LogP contribution in [0.2, 0.25) is 0 Å². The summed E-state index contributed by atoms with van der Waals surface area (Å²) in [5.41, 5.74) is 0. The van der Waals surface area contributed by atoms with Gasteiger partial charge in [-0.2, -0.15) is 4.39 Å². The van der Waals surface area contributed by atoms with E-state index in [-0.39, 0.29) is 5.75 Å². The zero-order chi connectivity index (χ0) is 11.1. The Kier molecular flexibility index (Phi) is 5.04. The van der Waals surface area contributed by atoms with Gasteiger partial charge in [0.1, 0.15) is 0 Å². The molecule has 0 spiro atoms. The van der Waals surface area contributed by atoms with Crippen LogP contribution < -0.4 is 10.1 Å². The van der Waals surface area contributed by atoms with Crippen molar-refractivity contribution in [3.63, 3.8) is 0 Å². The number of hydrogen-bond acceptors (Lipinski definition) is 2. The summed E-state index contributed by atoms with van der Waals surface area (Å²) in [6, 6.07) is 3.92. The third kappa shape index (κ3) is 3.83. The molecule has 0 aromatic heterocycles. The topological polar surface area (TPSA) is 21.3 Å². The largest absolute Gasteiger partial charge is 0.490 e. The number of nitrogens with one attached hydrogen (secondary N) is 1. The molecule has 0 unspecified atom stereocenters. The summed E-state index contributed by atoms with van der Waals surface area (Å²) in [5, 5.41) is 3.11. The minimum Gasteiger partial charge on any atom is -0.490 e. The Balaban J connectivity index is 2.34. The first-order chi connectivity index (χ1) is 7.25. The van der Waals surface area contributed by atoms with Crippen molar-refractivity contribution in [1.29, 1.82) is 0 Å². The molecule has 0 amide bonds. The first-order valence-corrected chi connectivity index (χ1v) is 5.03. The fourth-order valence-electron chi connectivity index (χ4n) is 1.15. The van der Waals surface area contributed by atoms with Crippen molar-refractivity contribution in [2.45, 2.75) is 13.3 Å². The molecule has 84 valence electrons.